The van der Waals surface area contributed by atoms with Gasteiger partial charge in [0, 0.05) is 16.0 Å². The molecule has 86 valence electrons. The number of rotatable bonds is 3. The first kappa shape index (κ1) is 11.2. The minimum atomic E-state index is -0.961. The number of aromatic hydroxyl groups is 1. The highest BCUT2D eigenvalue weighted by Crippen LogP contribution is 2.54. The van der Waals surface area contributed by atoms with Gasteiger partial charge in [-0.05, 0) is 25.0 Å². The van der Waals surface area contributed by atoms with E-state index in [-0.39, 0.29) is 11.4 Å². The van der Waals surface area contributed by atoms with Crippen LogP contribution in [0.3, 0.4) is 0 Å². The standard InChI is InChI=1S/C11H10ClFO3/c12-6-3-7(10(16)8(13)4-6)11(1-2-11)5-9(14)15/h3-4,16H,1-2,5H2,(H,14,15). The zero-order chi connectivity index (χ0) is 11.9. The first-order valence-corrected chi connectivity index (χ1v) is 5.23. The van der Waals surface area contributed by atoms with Crippen molar-refractivity contribution in [3.8, 4) is 5.75 Å². The fraction of sp³-hybridized carbons (Fsp3) is 0.364. The second kappa shape index (κ2) is 3.63. The van der Waals surface area contributed by atoms with Crippen molar-refractivity contribution in [1.82, 2.24) is 0 Å². The quantitative estimate of drug-likeness (QED) is 0.860. The molecule has 0 spiro atoms. The van der Waals surface area contributed by atoms with Crippen LogP contribution in [0, 0.1) is 5.82 Å². The molecule has 5 heteroatoms. The van der Waals surface area contributed by atoms with Crippen molar-refractivity contribution in [2.45, 2.75) is 24.7 Å². The number of carboxylic acids is 1. The van der Waals surface area contributed by atoms with Crippen molar-refractivity contribution >= 4 is 17.6 Å². The summed E-state index contributed by atoms with van der Waals surface area (Å²) in [6, 6.07) is 2.45. The highest BCUT2D eigenvalue weighted by atomic mass is 35.5. The lowest BCUT2D eigenvalue weighted by Crippen LogP contribution is -2.13. The second-order valence-corrected chi connectivity index (χ2v) is 4.57. The van der Waals surface area contributed by atoms with Crippen molar-refractivity contribution in [3.05, 3.63) is 28.5 Å². The number of halogens is 2. The summed E-state index contributed by atoms with van der Waals surface area (Å²) in [6.07, 6.45) is 1.15. The van der Waals surface area contributed by atoms with E-state index < -0.39 is 23.0 Å². The Morgan fingerprint density at radius 1 is 1.50 bits per heavy atom. The number of phenols is 1. The molecular formula is C11H10ClFO3. The average molecular weight is 245 g/mol. The molecule has 1 saturated carbocycles. The molecule has 0 bridgehead atoms. The molecule has 1 fully saturated rings. The van der Waals surface area contributed by atoms with E-state index in [0.29, 0.717) is 18.4 Å². The molecular weight excluding hydrogens is 235 g/mol. The Balaban J connectivity index is 2.44. The fourth-order valence-corrected chi connectivity index (χ4v) is 2.16. The molecule has 0 saturated heterocycles. The Morgan fingerprint density at radius 3 is 2.62 bits per heavy atom. The molecule has 0 atom stereocenters. The maximum atomic E-state index is 13.3. The lowest BCUT2D eigenvalue weighted by Gasteiger charge is -2.15. The first-order chi connectivity index (χ1) is 7.44. The van der Waals surface area contributed by atoms with E-state index >= 15 is 0 Å². The summed E-state index contributed by atoms with van der Waals surface area (Å²) in [6.45, 7) is 0. The SMILES string of the molecule is O=C(O)CC1(c2cc(Cl)cc(F)c2O)CC1. The summed E-state index contributed by atoms with van der Waals surface area (Å²) < 4.78 is 13.3. The van der Waals surface area contributed by atoms with E-state index in [1.165, 1.54) is 6.07 Å². The molecule has 0 unspecified atom stereocenters. The van der Waals surface area contributed by atoms with Gasteiger partial charge < -0.3 is 10.2 Å². The van der Waals surface area contributed by atoms with Crippen LogP contribution in [0.2, 0.25) is 5.02 Å². The molecule has 1 aliphatic carbocycles. The molecule has 0 aromatic heterocycles. The van der Waals surface area contributed by atoms with Crippen LogP contribution in [0.4, 0.5) is 4.39 Å². The molecule has 0 heterocycles. The number of benzene rings is 1. The molecule has 0 aliphatic heterocycles. The molecule has 3 nitrogen and oxygen atoms in total. The van der Waals surface area contributed by atoms with Crippen LogP contribution < -0.4 is 0 Å². The number of hydrogen-bond donors (Lipinski definition) is 2. The van der Waals surface area contributed by atoms with E-state index in [1.54, 1.807) is 0 Å². The van der Waals surface area contributed by atoms with E-state index in [9.17, 15) is 14.3 Å². The number of phenolic OH excluding ortho intramolecular Hbond substituents is 1. The number of carbonyl (C=O) groups is 1. The van der Waals surface area contributed by atoms with Crippen LogP contribution in [0.15, 0.2) is 12.1 Å². The first-order valence-electron chi connectivity index (χ1n) is 4.85. The van der Waals surface area contributed by atoms with Crippen LogP contribution in [0.1, 0.15) is 24.8 Å². The van der Waals surface area contributed by atoms with Gasteiger partial charge in [-0.25, -0.2) is 4.39 Å². The smallest absolute Gasteiger partial charge is 0.304 e. The van der Waals surface area contributed by atoms with Gasteiger partial charge in [0.1, 0.15) is 0 Å². The van der Waals surface area contributed by atoms with Crippen LogP contribution in [0.25, 0.3) is 0 Å². The minimum absolute atomic E-state index is 0.111. The second-order valence-electron chi connectivity index (χ2n) is 4.13. The Hall–Kier alpha value is -1.29. The third kappa shape index (κ3) is 1.85. The third-order valence-electron chi connectivity index (χ3n) is 2.94. The van der Waals surface area contributed by atoms with Crippen LogP contribution >= 0.6 is 11.6 Å². The summed E-state index contributed by atoms with van der Waals surface area (Å²) in [5.41, 5.74) is -0.332. The van der Waals surface area contributed by atoms with Gasteiger partial charge in [-0.2, -0.15) is 0 Å². The van der Waals surface area contributed by atoms with Crippen LogP contribution in [-0.4, -0.2) is 16.2 Å². The minimum Gasteiger partial charge on any atom is -0.505 e. The Kier molecular flexibility index (Phi) is 2.54. The van der Waals surface area contributed by atoms with Gasteiger partial charge >= 0.3 is 5.97 Å². The van der Waals surface area contributed by atoms with E-state index in [0.717, 1.165) is 6.07 Å². The summed E-state index contributed by atoms with van der Waals surface area (Å²) in [4.78, 5) is 10.7. The Bertz CT molecular complexity index is 455. The van der Waals surface area contributed by atoms with Crippen LogP contribution in [-0.2, 0) is 10.2 Å². The van der Waals surface area contributed by atoms with Gasteiger partial charge in [-0.3, -0.25) is 4.79 Å². The maximum Gasteiger partial charge on any atom is 0.304 e. The van der Waals surface area contributed by atoms with Crippen molar-refractivity contribution in [1.29, 1.82) is 0 Å². The van der Waals surface area contributed by atoms with Crippen molar-refractivity contribution in [2.75, 3.05) is 0 Å². The van der Waals surface area contributed by atoms with Gasteiger partial charge in [0.05, 0.1) is 6.42 Å². The summed E-state index contributed by atoms with van der Waals surface area (Å²) in [5.74, 6) is -2.25. The zero-order valence-corrected chi connectivity index (χ0v) is 9.09. The molecule has 1 aromatic rings. The van der Waals surface area contributed by atoms with Gasteiger partial charge in [-0.1, -0.05) is 11.6 Å². The van der Waals surface area contributed by atoms with Gasteiger partial charge in [0.2, 0.25) is 0 Å². The van der Waals surface area contributed by atoms with Gasteiger partial charge in [-0.15, -0.1) is 0 Å². The Morgan fingerprint density at radius 2 is 2.12 bits per heavy atom. The highest BCUT2D eigenvalue weighted by Gasteiger charge is 2.48. The lowest BCUT2D eigenvalue weighted by atomic mass is 9.91. The molecule has 1 aliphatic rings. The van der Waals surface area contributed by atoms with E-state index in [1.807, 2.05) is 0 Å². The highest BCUT2D eigenvalue weighted by molar-refractivity contribution is 6.30. The normalized spacial score (nSPS) is 17.1. The monoisotopic (exact) mass is 244 g/mol. The fourth-order valence-electron chi connectivity index (χ4n) is 1.95. The number of aliphatic carboxylic acids is 1. The molecule has 1 aromatic carbocycles. The maximum absolute atomic E-state index is 13.3. The summed E-state index contributed by atoms with van der Waals surface area (Å²) in [7, 11) is 0. The zero-order valence-electron chi connectivity index (χ0n) is 8.33. The molecule has 2 N–H and O–H groups in total. The topological polar surface area (TPSA) is 57.5 Å². The van der Waals surface area contributed by atoms with Gasteiger partial charge in [0.15, 0.2) is 11.6 Å². The molecule has 0 radical (unpaired) electrons. The molecule has 2 rings (SSSR count). The van der Waals surface area contributed by atoms with Crippen molar-refractivity contribution in [2.24, 2.45) is 0 Å². The predicted octanol–water partition coefficient (Wildman–Crippen LogP) is 2.69. The lowest BCUT2D eigenvalue weighted by molar-refractivity contribution is -0.137. The number of carboxylic acid groups (broad SMARTS) is 1. The predicted molar refractivity (Wildman–Crippen MR) is 56.2 cm³/mol. The van der Waals surface area contributed by atoms with Crippen LogP contribution in [0.5, 0.6) is 5.75 Å². The Labute approximate surface area is 96.5 Å². The summed E-state index contributed by atoms with van der Waals surface area (Å²) >= 11 is 5.69. The van der Waals surface area contributed by atoms with E-state index in [4.69, 9.17) is 16.7 Å². The number of hydrogen-bond acceptors (Lipinski definition) is 2. The molecule has 16 heavy (non-hydrogen) atoms. The van der Waals surface area contributed by atoms with Crippen molar-refractivity contribution in [3.63, 3.8) is 0 Å². The largest absolute Gasteiger partial charge is 0.505 e. The molecule has 0 amide bonds. The average Bonchev–Trinajstić information content (AvgIpc) is 2.91. The third-order valence-corrected chi connectivity index (χ3v) is 3.16. The van der Waals surface area contributed by atoms with E-state index in [2.05, 4.69) is 0 Å². The van der Waals surface area contributed by atoms with Crippen molar-refractivity contribution < 1.29 is 19.4 Å². The van der Waals surface area contributed by atoms with Gasteiger partial charge in [0.25, 0.3) is 0 Å². The summed E-state index contributed by atoms with van der Waals surface area (Å²) in [5, 5.41) is 18.5.